The summed E-state index contributed by atoms with van der Waals surface area (Å²) < 4.78 is 30.4. The lowest BCUT2D eigenvalue weighted by atomic mass is 10.1. The van der Waals surface area contributed by atoms with Crippen LogP contribution in [0.15, 0.2) is 30.5 Å². The molecule has 10 nitrogen and oxygen atoms in total. The summed E-state index contributed by atoms with van der Waals surface area (Å²) in [6, 6.07) is 5.45. The Bertz CT molecular complexity index is 811. The Morgan fingerprint density at radius 3 is 2.50 bits per heavy atom. The van der Waals surface area contributed by atoms with Crippen molar-refractivity contribution in [3.05, 3.63) is 36.3 Å². The van der Waals surface area contributed by atoms with E-state index in [0.717, 1.165) is 4.68 Å². The summed E-state index contributed by atoms with van der Waals surface area (Å²) in [4.78, 5) is 17.9. The first-order chi connectivity index (χ1) is 12.2. The Morgan fingerprint density at radius 1 is 1.23 bits per heavy atom. The highest BCUT2D eigenvalue weighted by atomic mass is 31.2. The molecule has 3 rings (SSSR count). The maximum Gasteiger partial charge on any atom is 0.328 e. The summed E-state index contributed by atoms with van der Waals surface area (Å²) in [5, 5.41) is 37.7. The molecule has 1 aromatic carbocycles. The minimum Gasteiger partial charge on any atom is -0.390 e. The first-order valence-corrected chi connectivity index (χ1v) is 9.37. The summed E-state index contributed by atoms with van der Waals surface area (Å²) in [5.41, 5.74) is 0.915. The van der Waals surface area contributed by atoms with E-state index in [9.17, 15) is 24.3 Å². The van der Waals surface area contributed by atoms with Gasteiger partial charge in [-0.2, -0.15) is 0 Å². The molecule has 1 fully saturated rings. The molecule has 5 N–H and O–H groups in total. The maximum absolute atomic E-state index is 13.0. The Labute approximate surface area is 146 Å². The van der Waals surface area contributed by atoms with Crippen LogP contribution in [-0.2, 0) is 9.30 Å². The number of rotatable bonds is 5. The summed E-state index contributed by atoms with van der Waals surface area (Å²) in [7, 11) is -4.54. The maximum atomic E-state index is 13.0. The second-order valence-corrected chi connectivity index (χ2v) is 7.67. The molecule has 142 valence electrons. The topological polar surface area (TPSA) is 158 Å². The third-order valence-corrected chi connectivity index (χ3v) is 4.84. The summed E-state index contributed by atoms with van der Waals surface area (Å²) >= 11 is 0. The van der Waals surface area contributed by atoms with E-state index in [1.165, 1.54) is 30.5 Å². The Hall–Kier alpha value is -1.72. The molecule has 0 spiro atoms. The van der Waals surface area contributed by atoms with E-state index in [0.29, 0.717) is 11.3 Å². The van der Waals surface area contributed by atoms with Crippen molar-refractivity contribution in [1.82, 2.24) is 15.0 Å². The van der Waals surface area contributed by atoms with Gasteiger partial charge in [-0.25, -0.2) is 9.07 Å². The van der Waals surface area contributed by atoms with Crippen LogP contribution in [0.1, 0.15) is 6.23 Å². The van der Waals surface area contributed by atoms with Crippen molar-refractivity contribution < 1.29 is 38.8 Å². The van der Waals surface area contributed by atoms with Crippen LogP contribution < -0.4 is 0 Å². The molecule has 26 heavy (non-hydrogen) atoms. The van der Waals surface area contributed by atoms with Crippen molar-refractivity contribution in [2.24, 2.45) is 0 Å². The van der Waals surface area contributed by atoms with Gasteiger partial charge in [-0.1, -0.05) is 5.21 Å². The van der Waals surface area contributed by atoms with E-state index in [-0.39, 0.29) is 0 Å². The van der Waals surface area contributed by atoms with Gasteiger partial charge >= 0.3 is 7.60 Å². The molecule has 1 saturated heterocycles. The van der Waals surface area contributed by atoms with E-state index in [4.69, 9.17) is 14.5 Å². The van der Waals surface area contributed by atoms with Crippen molar-refractivity contribution >= 4 is 7.60 Å². The molecule has 0 unspecified atom stereocenters. The van der Waals surface area contributed by atoms with Crippen LogP contribution >= 0.6 is 7.60 Å². The van der Waals surface area contributed by atoms with E-state index >= 15 is 0 Å². The molecule has 12 heteroatoms. The highest BCUT2D eigenvalue weighted by Crippen LogP contribution is 2.39. The minimum absolute atomic E-state index is 0.356. The quantitative estimate of drug-likeness (QED) is 0.415. The van der Waals surface area contributed by atoms with Gasteiger partial charge in [-0.15, -0.1) is 5.10 Å². The number of hydrogen-bond acceptors (Lipinski definition) is 7. The van der Waals surface area contributed by atoms with Crippen molar-refractivity contribution in [3.63, 3.8) is 0 Å². The average molecular weight is 389 g/mol. The van der Waals surface area contributed by atoms with Crippen LogP contribution in [0.5, 0.6) is 0 Å². The normalized spacial score (nSPS) is 27.6. The van der Waals surface area contributed by atoms with Crippen LogP contribution in [0.3, 0.4) is 0 Å². The zero-order valence-electron chi connectivity index (χ0n) is 13.2. The standard InChI is InChI=1S/C14H17FN3O7P/c15-8-3-1-7(2-4-8)9-5-18(17-16-9)14-12(21)11(20)13(25-14)10(19)6-26(22,23)24/h1-5,10-14,19-21H,6H2,(H2,22,23,24)/t10-,11+,12-,13-,14-/m1/s1. The molecular formula is C14H17FN3O7P. The zero-order valence-corrected chi connectivity index (χ0v) is 14.1. The molecule has 1 aliphatic rings. The molecule has 2 heterocycles. The Kier molecular flexibility index (Phi) is 5.22. The van der Waals surface area contributed by atoms with Gasteiger partial charge in [0.1, 0.15) is 29.8 Å². The van der Waals surface area contributed by atoms with E-state index in [2.05, 4.69) is 10.3 Å². The fourth-order valence-corrected chi connectivity index (χ4v) is 3.42. The summed E-state index contributed by atoms with van der Waals surface area (Å²) in [6.45, 7) is 0. The fourth-order valence-electron chi connectivity index (χ4n) is 2.72. The van der Waals surface area contributed by atoms with Gasteiger partial charge in [0.25, 0.3) is 0 Å². The van der Waals surface area contributed by atoms with Crippen molar-refractivity contribution in [2.45, 2.75) is 30.6 Å². The average Bonchev–Trinajstić information content (AvgIpc) is 3.13. The zero-order chi connectivity index (χ0) is 19.1. The number of hydrogen-bond donors (Lipinski definition) is 5. The molecule has 2 aromatic rings. The molecule has 1 aliphatic heterocycles. The van der Waals surface area contributed by atoms with Crippen molar-refractivity contribution in [2.75, 3.05) is 6.16 Å². The van der Waals surface area contributed by atoms with Gasteiger partial charge in [-0.3, -0.25) is 4.57 Å². The lowest BCUT2D eigenvalue weighted by Crippen LogP contribution is -2.40. The number of halogens is 1. The molecule has 5 atom stereocenters. The second kappa shape index (κ2) is 7.12. The van der Waals surface area contributed by atoms with E-state index in [1.54, 1.807) is 0 Å². The van der Waals surface area contributed by atoms with Gasteiger partial charge in [0, 0.05) is 5.56 Å². The molecular weight excluding hydrogens is 372 g/mol. The van der Waals surface area contributed by atoms with Crippen LogP contribution in [0.4, 0.5) is 4.39 Å². The van der Waals surface area contributed by atoms with Gasteiger partial charge in [0.2, 0.25) is 0 Å². The molecule has 0 saturated carbocycles. The number of benzene rings is 1. The van der Waals surface area contributed by atoms with Gasteiger partial charge in [0.05, 0.1) is 18.5 Å². The highest BCUT2D eigenvalue weighted by Gasteiger charge is 2.48. The number of aliphatic hydroxyl groups is 3. The lowest BCUT2D eigenvalue weighted by Gasteiger charge is -2.21. The number of aliphatic hydroxyl groups excluding tert-OH is 3. The van der Waals surface area contributed by atoms with Gasteiger partial charge in [-0.05, 0) is 24.3 Å². The molecule has 0 radical (unpaired) electrons. The Morgan fingerprint density at radius 2 is 1.88 bits per heavy atom. The monoisotopic (exact) mass is 389 g/mol. The lowest BCUT2D eigenvalue weighted by molar-refractivity contribution is -0.0832. The molecule has 1 aromatic heterocycles. The van der Waals surface area contributed by atoms with Crippen molar-refractivity contribution in [3.8, 4) is 11.3 Å². The second-order valence-electron chi connectivity index (χ2n) is 5.98. The summed E-state index contributed by atoms with van der Waals surface area (Å²) in [6.07, 6.45) is -6.94. The molecule has 0 aliphatic carbocycles. The fraction of sp³-hybridized carbons (Fsp3) is 0.429. The predicted molar refractivity (Wildman–Crippen MR) is 84.3 cm³/mol. The third kappa shape index (κ3) is 3.99. The first kappa shape index (κ1) is 19.1. The van der Waals surface area contributed by atoms with Gasteiger partial charge < -0.3 is 29.8 Å². The Balaban J connectivity index is 1.77. The highest BCUT2D eigenvalue weighted by molar-refractivity contribution is 7.51. The van der Waals surface area contributed by atoms with Crippen LogP contribution in [0.25, 0.3) is 11.3 Å². The predicted octanol–water partition coefficient (Wildman–Crippen LogP) is -0.758. The third-order valence-electron chi connectivity index (χ3n) is 3.99. The number of nitrogens with zero attached hydrogens (tertiary/aromatic N) is 3. The van der Waals surface area contributed by atoms with Crippen molar-refractivity contribution in [1.29, 1.82) is 0 Å². The minimum atomic E-state index is -4.54. The van der Waals surface area contributed by atoms with Crippen LogP contribution in [-0.4, -0.2) is 70.7 Å². The van der Waals surface area contributed by atoms with E-state index < -0.39 is 50.2 Å². The number of aromatic nitrogens is 3. The smallest absolute Gasteiger partial charge is 0.328 e. The number of ether oxygens (including phenoxy) is 1. The first-order valence-electron chi connectivity index (χ1n) is 7.58. The van der Waals surface area contributed by atoms with Gasteiger partial charge in [0.15, 0.2) is 6.23 Å². The summed E-state index contributed by atoms with van der Waals surface area (Å²) in [5.74, 6) is -0.416. The van der Waals surface area contributed by atoms with E-state index in [1.807, 2.05) is 0 Å². The largest absolute Gasteiger partial charge is 0.390 e. The van der Waals surface area contributed by atoms with Crippen LogP contribution in [0, 0.1) is 5.82 Å². The molecule has 0 bridgehead atoms. The molecule has 0 amide bonds. The SMILES string of the molecule is O=P(O)(O)C[C@@H](O)[C@H]1O[C@@H](n2cc(-c3ccc(F)cc3)nn2)[C@H](O)[C@@H]1O. The van der Waals surface area contributed by atoms with Crippen LogP contribution in [0.2, 0.25) is 0 Å².